The van der Waals surface area contributed by atoms with Crippen LogP contribution in [-0.4, -0.2) is 61.4 Å². The molecule has 5 atom stereocenters. The van der Waals surface area contributed by atoms with Crippen LogP contribution in [0, 0.1) is 17.8 Å². The predicted molar refractivity (Wildman–Crippen MR) is 128 cm³/mol. The zero-order valence-electron chi connectivity index (χ0n) is 20.7. The molecule has 4 rings (SSSR count). The highest BCUT2D eigenvalue weighted by Gasteiger charge is 2.53. The molecule has 1 saturated carbocycles. The molecule has 0 radical (unpaired) electrons. The second-order valence-corrected chi connectivity index (χ2v) is 10.3. The van der Waals surface area contributed by atoms with Crippen molar-refractivity contribution >= 4 is 11.7 Å². The molecule has 5 unspecified atom stereocenters. The maximum absolute atomic E-state index is 13.9. The van der Waals surface area contributed by atoms with Gasteiger partial charge in [-0.1, -0.05) is 32.9 Å². The number of rotatable bonds is 8. The van der Waals surface area contributed by atoms with E-state index in [1.54, 1.807) is 0 Å². The summed E-state index contributed by atoms with van der Waals surface area (Å²) >= 11 is 0. The van der Waals surface area contributed by atoms with Crippen LogP contribution in [0.15, 0.2) is 35.6 Å². The van der Waals surface area contributed by atoms with Gasteiger partial charge in [0.25, 0.3) is 5.91 Å². The number of ether oxygens (including phenoxy) is 2. The van der Waals surface area contributed by atoms with E-state index in [2.05, 4.69) is 25.7 Å². The number of benzene rings is 1. The summed E-state index contributed by atoms with van der Waals surface area (Å²) in [6.45, 7) is 8.59. The van der Waals surface area contributed by atoms with E-state index in [0.717, 1.165) is 43.5 Å². The maximum Gasteiger partial charge on any atom is 0.290 e. The van der Waals surface area contributed by atoms with Gasteiger partial charge >= 0.3 is 0 Å². The Morgan fingerprint density at radius 2 is 1.91 bits per heavy atom. The summed E-state index contributed by atoms with van der Waals surface area (Å²) < 4.78 is 12.2. The minimum absolute atomic E-state index is 0.105. The van der Waals surface area contributed by atoms with Gasteiger partial charge in [0.1, 0.15) is 11.9 Å². The summed E-state index contributed by atoms with van der Waals surface area (Å²) in [5, 5.41) is 0. The lowest BCUT2D eigenvalue weighted by molar-refractivity contribution is -0.137. The average molecular weight is 455 g/mol. The number of carbonyl (C=O) groups excluding carboxylic acids is 2. The number of hydrogen-bond acceptors (Lipinski definition) is 5. The lowest BCUT2D eigenvalue weighted by Gasteiger charge is -2.40. The van der Waals surface area contributed by atoms with E-state index in [-0.39, 0.29) is 29.5 Å². The standard InChI is InChI=1S/C27H38N2O4/c1-6-13-32-20-10-7-9-19(16-20)24-23-25(30)21-14-17(2)18(3)15-22(21)33-26(23)27(31)29(24)12-8-11-28(4)5/h7,9-10,16-18,21-22,24H,6,8,11-15H2,1-5H3. The number of carbonyl (C=O) groups is 2. The van der Waals surface area contributed by atoms with Crippen LogP contribution in [0.1, 0.15) is 58.1 Å². The van der Waals surface area contributed by atoms with Gasteiger partial charge in [0, 0.05) is 6.54 Å². The Morgan fingerprint density at radius 3 is 2.64 bits per heavy atom. The van der Waals surface area contributed by atoms with Crippen LogP contribution < -0.4 is 4.74 Å². The fourth-order valence-corrected chi connectivity index (χ4v) is 5.44. The summed E-state index contributed by atoms with van der Waals surface area (Å²) in [5.74, 6) is 1.81. The van der Waals surface area contributed by atoms with Crippen LogP contribution >= 0.6 is 0 Å². The van der Waals surface area contributed by atoms with E-state index in [1.165, 1.54) is 0 Å². The fraction of sp³-hybridized carbons (Fsp3) is 0.630. The zero-order valence-corrected chi connectivity index (χ0v) is 20.7. The van der Waals surface area contributed by atoms with Crippen LogP contribution in [0.5, 0.6) is 5.75 Å². The quantitative estimate of drug-likeness (QED) is 0.589. The minimum Gasteiger partial charge on any atom is -0.494 e. The van der Waals surface area contributed by atoms with Gasteiger partial charge in [0.2, 0.25) is 0 Å². The van der Waals surface area contributed by atoms with Crippen LogP contribution in [-0.2, 0) is 14.3 Å². The van der Waals surface area contributed by atoms with Gasteiger partial charge in [-0.05, 0) is 75.9 Å². The SMILES string of the molecule is CCCOc1cccc(C2C3=C(OC4CC(C)C(C)CC4C3=O)C(=O)N2CCCN(C)C)c1. The molecule has 0 N–H and O–H groups in total. The van der Waals surface area contributed by atoms with Crippen molar-refractivity contribution in [2.24, 2.45) is 17.8 Å². The average Bonchev–Trinajstić information content (AvgIpc) is 3.06. The highest BCUT2D eigenvalue weighted by atomic mass is 16.5. The Balaban J connectivity index is 1.70. The van der Waals surface area contributed by atoms with E-state index >= 15 is 0 Å². The highest BCUT2D eigenvalue weighted by Crippen LogP contribution is 2.48. The molecule has 0 saturated heterocycles. The first-order valence-corrected chi connectivity index (χ1v) is 12.4. The lowest BCUT2D eigenvalue weighted by Crippen LogP contribution is -2.43. The molecule has 180 valence electrons. The van der Waals surface area contributed by atoms with Crippen molar-refractivity contribution in [3.05, 3.63) is 41.2 Å². The molecule has 6 heteroatoms. The molecule has 33 heavy (non-hydrogen) atoms. The minimum atomic E-state index is -0.414. The number of fused-ring (bicyclic) bond motifs is 1. The first-order valence-electron chi connectivity index (χ1n) is 12.4. The van der Waals surface area contributed by atoms with Gasteiger partial charge in [-0.3, -0.25) is 9.59 Å². The van der Waals surface area contributed by atoms with Crippen molar-refractivity contribution in [1.29, 1.82) is 0 Å². The summed E-state index contributed by atoms with van der Waals surface area (Å²) in [4.78, 5) is 31.4. The number of hydrogen-bond donors (Lipinski definition) is 0. The van der Waals surface area contributed by atoms with Crippen molar-refractivity contribution in [3.8, 4) is 5.75 Å². The molecule has 6 nitrogen and oxygen atoms in total. The van der Waals surface area contributed by atoms with Crippen LogP contribution in [0.3, 0.4) is 0 Å². The monoisotopic (exact) mass is 454 g/mol. The third kappa shape index (κ3) is 4.68. The molecular weight excluding hydrogens is 416 g/mol. The van der Waals surface area contributed by atoms with Gasteiger partial charge in [-0.15, -0.1) is 0 Å². The van der Waals surface area contributed by atoms with Gasteiger partial charge in [-0.25, -0.2) is 0 Å². The molecule has 2 aliphatic heterocycles. The smallest absolute Gasteiger partial charge is 0.290 e. The first kappa shape index (κ1) is 23.8. The summed E-state index contributed by atoms with van der Waals surface area (Å²) in [6.07, 6.45) is 3.21. The molecule has 1 amide bonds. The summed E-state index contributed by atoms with van der Waals surface area (Å²) in [7, 11) is 4.06. The van der Waals surface area contributed by atoms with Crippen molar-refractivity contribution in [2.45, 2.75) is 58.6 Å². The molecule has 1 aromatic carbocycles. The van der Waals surface area contributed by atoms with Crippen LogP contribution in [0.4, 0.5) is 0 Å². The highest BCUT2D eigenvalue weighted by molar-refractivity contribution is 6.11. The molecule has 1 aromatic rings. The Bertz CT molecular complexity index is 924. The zero-order chi connectivity index (χ0) is 23.7. The molecule has 0 aromatic heterocycles. The van der Waals surface area contributed by atoms with Crippen molar-refractivity contribution in [3.63, 3.8) is 0 Å². The largest absolute Gasteiger partial charge is 0.494 e. The van der Waals surface area contributed by atoms with Gasteiger partial charge in [0.15, 0.2) is 11.5 Å². The van der Waals surface area contributed by atoms with E-state index < -0.39 is 6.04 Å². The van der Waals surface area contributed by atoms with Crippen LogP contribution in [0.2, 0.25) is 0 Å². The molecule has 1 aliphatic carbocycles. The van der Waals surface area contributed by atoms with Crippen LogP contribution in [0.25, 0.3) is 0 Å². The van der Waals surface area contributed by atoms with Gasteiger partial charge < -0.3 is 19.3 Å². The Hall–Kier alpha value is -2.34. The van der Waals surface area contributed by atoms with Crippen molar-refractivity contribution in [2.75, 3.05) is 33.8 Å². The fourth-order valence-electron chi connectivity index (χ4n) is 5.44. The number of amides is 1. The Labute approximate surface area is 197 Å². The van der Waals surface area contributed by atoms with Gasteiger partial charge in [0.05, 0.1) is 24.1 Å². The molecule has 1 fully saturated rings. The maximum atomic E-state index is 13.9. The van der Waals surface area contributed by atoms with Crippen molar-refractivity contribution < 1.29 is 19.1 Å². The second kappa shape index (κ2) is 9.88. The molecule has 0 bridgehead atoms. The molecule has 2 heterocycles. The van der Waals surface area contributed by atoms with Gasteiger partial charge in [-0.2, -0.15) is 0 Å². The Kier molecular flexibility index (Phi) is 7.13. The number of Topliss-reactive ketones (excluding diaryl/α,β-unsaturated/α-hetero) is 1. The predicted octanol–water partition coefficient (Wildman–Crippen LogP) is 4.21. The van der Waals surface area contributed by atoms with E-state index in [9.17, 15) is 9.59 Å². The normalized spacial score (nSPS) is 29.3. The third-order valence-electron chi connectivity index (χ3n) is 7.46. The topological polar surface area (TPSA) is 59.1 Å². The molecule has 0 spiro atoms. The van der Waals surface area contributed by atoms with E-state index in [4.69, 9.17) is 9.47 Å². The van der Waals surface area contributed by atoms with E-state index in [1.807, 2.05) is 43.3 Å². The number of nitrogens with zero attached hydrogens (tertiary/aromatic N) is 2. The second-order valence-electron chi connectivity index (χ2n) is 10.3. The first-order chi connectivity index (χ1) is 15.8. The third-order valence-corrected chi connectivity index (χ3v) is 7.46. The summed E-state index contributed by atoms with van der Waals surface area (Å²) in [6, 6.07) is 7.44. The summed E-state index contributed by atoms with van der Waals surface area (Å²) in [5.41, 5.74) is 1.47. The number of ketones is 1. The lowest BCUT2D eigenvalue weighted by atomic mass is 9.70. The molecular formula is C27H38N2O4. The van der Waals surface area contributed by atoms with Crippen molar-refractivity contribution in [1.82, 2.24) is 9.80 Å². The van der Waals surface area contributed by atoms with E-state index in [0.29, 0.717) is 30.6 Å². The Morgan fingerprint density at radius 1 is 1.15 bits per heavy atom. The molecule has 3 aliphatic rings.